The first-order chi connectivity index (χ1) is 16.0. The number of nitrogens with two attached hydrogens (primary N) is 1. The molecule has 9 nitrogen and oxygen atoms in total. The molecule has 0 saturated heterocycles. The number of aliphatic hydroxyl groups excluding tert-OH is 1. The fourth-order valence-electron chi connectivity index (χ4n) is 4.34. The van der Waals surface area contributed by atoms with Crippen molar-refractivity contribution in [2.24, 2.45) is 23.5 Å². The third-order valence-corrected chi connectivity index (χ3v) is 6.37. The SMILES string of the molecule is N[C@@H]1CCC[C@H](C(=O)NC[C@@H]2C[C@H]2C(=O)N(C(=O)Nc2ccccc2)c2cccnc2)[C@@H]1O. The number of aliphatic hydroxyl groups is 1. The summed E-state index contributed by atoms with van der Waals surface area (Å²) in [5.41, 5.74) is 6.84. The quantitative estimate of drug-likeness (QED) is 0.529. The van der Waals surface area contributed by atoms with Crippen LogP contribution in [0.25, 0.3) is 0 Å². The van der Waals surface area contributed by atoms with Crippen LogP contribution in [0.5, 0.6) is 0 Å². The Morgan fingerprint density at radius 3 is 2.61 bits per heavy atom. The molecule has 0 bridgehead atoms. The summed E-state index contributed by atoms with van der Waals surface area (Å²) in [6.07, 6.45) is 4.87. The van der Waals surface area contributed by atoms with Gasteiger partial charge in [0.2, 0.25) is 11.8 Å². The Labute approximate surface area is 192 Å². The Balaban J connectivity index is 1.38. The van der Waals surface area contributed by atoms with Crippen LogP contribution >= 0.6 is 0 Å². The van der Waals surface area contributed by atoms with Crippen LogP contribution in [0.3, 0.4) is 0 Å². The van der Waals surface area contributed by atoms with E-state index >= 15 is 0 Å². The first-order valence-electron chi connectivity index (χ1n) is 11.3. The molecular formula is C24H29N5O4. The van der Waals surface area contributed by atoms with Crippen LogP contribution in [0.1, 0.15) is 25.7 Å². The van der Waals surface area contributed by atoms with E-state index in [2.05, 4.69) is 15.6 Å². The number of imide groups is 1. The highest BCUT2D eigenvalue weighted by Crippen LogP contribution is 2.40. The number of urea groups is 1. The summed E-state index contributed by atoms with van der Waals surface area (Å²) in [5.74, 6) is -1.55. The smallest absolute Gasteiger partial charge is 0.333 e. The van der Waals surface area contributed by atoms with E-state index in [1.165, 1.54) is 6.20 Å². The molecule has 1 heterocycles. The lowest BCUT2D eigenvalue weighted by atomic mass is 9.83. The number of nitrogens with zero attached hydrogens (tertiary/aromatic N) is 2. The number of anilines is 2. The van der Waals surface area contributed by atoms with Gasteiger partial charge in [0, 0.05) is 30.4 Å². The molecule has 2 saturated carbocycles. The number of pyridine rings is 1. The molecule has 9 heteroatoms. The summed E-state index contributed by atoms with van der Waals surface area (Å²) in [5, 5.41) is 15.8. The topological polar surface area (TPSA) is 138 Å². The van der Waals surface area contributed by atoms with Gasteiger partial charge in [-0.25, -0.2) is 9.69 Å². The molecule has 0 radical (unpaired) electrons. The van der Waals surface area contributed by atoms with Crippen molar-refractivity contribution in [3.8, 4) is 0 Å². The Kier molecular flexibility index (Phi) is 7.00. The molecule has 2 fully saturated rings. The Morgan fingerprint density at radius 2 is 1.88 bits per heavy atom. The number of aromatic nitrogens is 1. The van der Waals surface area contributed by atoms with Crippen LogP contribution in [-0.4, -0.2) is 46.6 Å². The summed E-state index contributed by atoms with van der Waals surface area (Å²) in [4.78, 5) is 43.9. The van der Waals surface area contributed by atoms with E-state index in [0.717, 1.165) is 11.3 Å². The summed E-state index contributed by atoms with van der Waals surface area (Å²) >= 11 is 0. The van der Waals surface area contributed by atoms with Crippen LogP contribution in [0.2, 0.25) is 0 Å². The number of para-hydroxylation sites is 1. The zero-order chi connectivity index (χ0) is 23.4. The van der Waals surface area contributed by atoms with Crippen molar-refractivity contribution in [1.29, 1.82) is 0 Å². The highest BCUT2D eigenvalue weighted by molar-refractivity contribution is 6.19. The lowest BCUT2D eigenvalue weighted by molar-refractivity contribution is -0.131. The normalized spacial score (nSPS) is 26.2. The minimum Gasteiger partial charge on any atom is -0.391 e. The maximum absolute atomic E-state index is 13.3. The third-order valence-electron chi connectivity index (χ3n) is 6.37. The molecule has 5 N–H and O–H groups in total. The molecular weight excluding hydrogens is 422 g/mol. The summed E-state index contributed by atoms with van der Waals surface area (Å²) in [7, 11) is 0. The van der Waals surface area contributed by atoms with Gasteiger partial charge in [0.25, 0.3) is 0 Å². The number of carbonyl (C=O) groups is 3. The lowest BCUT2D eigenvalue weighted by Gasteiger charge is -2.31. The summed E-state index contributed by atoms with van der Waals surface area (Å²) < 4.78 is 0. The molecule has 1 aromatic heterocycles. The maximum Gasteiger partial charge on any atom is 0.333 e. The Morgan fingerprint density at radius 1 is 1.09 bits per heavy atom. The van der Waals surface area contributed by atoms with E-state index in [0.29, 0.717) is 37.2 Å². The van der Waals surface area contributed by atoms with Gasteiger partial charge in [-0.15, -0.1) is 0 Å². The first kappa shape index (κ1) is 22.9. The predicted octanol–water partition coefficient (Wildman–Crippen LogP) is 1.89. The monoisotopic (exact) mass is 451 g/mol. The molecule has 2 aliphatic carbocycles. The number of hydrogen-bond acceptors (Lipinski definition) is 6. The van der Waals surface area contributed by atoms with Crippen molar-refractivity contribution in [1.82, 2.24) is 10.3 Å². The molecule has 4 rings (SSSR count). The number of benzene rings is 1. The van der Waals surface area contributed by atoms with Crippen LogP contribution in [-0.2, 0) is 9.59 Å². The number of amides is 4. The van der Waals surface area contributed by atoms with E-state index in [1.54, 1.807) is 42.6 Å². The second-order valence-corrected chi connectivity index (χ2v) is 8.72. The molecule has 5 atom stereocenters. The summed E-state index contributed by atoms with van der Waals surface area (Å²) in [6.45, 7) is 0.314. The number of carbonyl (C=O) groups excluding carboxylic acids is 3. The largest absolute Gasteiger partial charge is 0.391 e. The van der Waals surface area contributed by atoms with Crippen molar-refractivity contribution < 1.29 is 19.5 Å². The first-order valence-corrected chi connectivity index (χ1v) is 11.3. The van der Waals surface area contributed by atoms with Crippen LogP contribution in [0, 0.1) is 17.8 Å². The predicted molar refractivity (Wildman–Crippen MR) is 123 cm³/mol. The highest BCUT2D eigenvalue weighted by atomic mass is 16.3. The van der Waals surface area contributed by atoms with E-state index in [1.807, 2.05) is 6.07 Å². The van der Waals surface area contributed by atoms with E-state index in [9.17, 15) is 19.5 Å². The Bertz CT molecular complexity index is 987. The van der Waals surface area contributed by atoms with Crippen molar-refractivity contribution in [2.75, 3.05) is 16.8 Å². The van der Waals surface area contributed by atoms with Crippen molar-refractivity contribution in [3.05, 3.63) is 54.9 Å². The molecule has 4 amide bonds. The zero-order valence-corrected chi connectivity index (χ0v) is 18.3. The Hall–Kier alpha value is -3.30. The zero-order valence-electron chi connectivity index (χ0n) is 18.3. The number of nitrogens with one attached hydrogen (secondary N) is 2. The standard InChI is InChI=1S/C24H29N5O4/c25-20-10-4-9-18(21(20)30)22(31)27-13-15-12-19(15)23(32)29(17-8-5-11-26-14-17)24(33)28-16-6-2-1-3-7-16/h1-3,5-8,11,14-15,18-21,30H,4,9-10,12-13,25H2,(H,27,31)(H,28,33)/t15-,18-,19+,20+,21-/m0/s1. The molecule has 33 heavy (non-hydrogen) atoms. The van der Waals surface area contributed by atoms with Crippen molar-refractivity contribution in [3.63, 3.8) is 0 Å². The fraction of sp³-hybridized carbons (Fsp3) is 0.417. The molecule has 2 aliphatic rings. The van der Waals surface area contributed by atoms with Gasteiger partial charge in [0.15, 0.2) is 0 Å². The lowest BCUT2D eigenvalue weighted by Crippen LogP contribution is -2.49. The van der Waals surface area contributed by atoms with Crippen LogP contribution in [0.15, 0.2) is 54.9 Å². The van der Waals surface area contributed by atoms with Crippen molar-refractivity contribution in [2.45, 2.75) is 37.8 Å². The molecule has 0 unspecified atom stereocenters. The van der Waals surface area contributed by atoms with Gasteiger partial charge in [0.05, 0.1) is 23.9 Å². The average Bonchev–Trinajstić information content (AvgIpc) is 3.60. The second-order valence-electron chi connectivity index (χ2n) is 8.72. The minimum atomic E-state index is -0.849. The van der Waals surface area contributed by atoms with Crippen molar-refractivity contribution >= 4 is 29.2 Å². The number of rotatable bonds is 6. The van der Waals surface area contributed by atoms with Gasteiger partial charge >= 0.3 is 6.03 Å². The second kappa shape index (κ2) is 10.1. The maximum atomic E-state index is 13.3. The van der Waals surface area contributed by atoms with Gasteiger partial charge in [-0.3, -0.25) is 14.6 Å². The van der Waals surface area contributed by atoms with E-state index in [4.69, 9.17) is 5.73 Å². The van der Waals surface area contributed by atoms with Gasteiger partial charge in [-0.1, -0.05) is 24.6 Å². The van der Waals surface area contributed by atoms with E-state index < -0.39 is 18.1 Å². The van der Waals surface area contributed by atoms with Gasteiger partial charge in [0.1, 0.15) is 0 Å². The average molecular weight is 452 g/mol. The van der Waals surface area contributed by atoms with Gasteiger partial charge in [-0.2, -0.15) is 0 Å². The van der Waals surface area contributed by atoms with Gasteiger partial charge < -0.3 is 21.5 Å². The van der Waals surface area contributed by atoms with E-state index in [-0.39, 0.29) is 29.7 Å². The highest BCUT2D eigenvalue weighted by Gasteiger charge is 2.47. The molecule has 1 aromatic carbocycles. The van der Waals surface area contributed by atoms with Crippen LogP contribution in [0.4, 0.5) is 16.2 Å². The minimum absolute atomic E-state index is 0.0699. The van der Waals surface area contributed by atoms with Gasteiger partial charge in [-0.05, 0) is 49.4 Å². The molecule has 174 valence electrons. The number of hydrogen-bond donors (Lipinski definition) is 4. The molecule has 0 aliphatic heterocycles. The summed E-state index contributed by atoms with van der Waals surface area (Å²) in [6, 6.07) is 11.3. The van der Waals surface area contributed by atoms with Crippen LogP contribution < -0.4 is 21.3 Å². The fourth-order valence-corrected chi connectivity index (χ4v) is 4.34. The molecule has 2 aromatic rings. The third kappa shape index (κ3) is 5.37. The molecule has 0 spiro atoms.